The van der Waals surface area contributed by atoms with E-state index in [1.807, 2.05) is 0 Å². The zero-order valence-corrected chi connectivity index (χ0v) is 12.1. The summed E-state index contributed by atoms with van der Waals surface area (Å²) in [4.78, 5) is 23.8. The summed E-state index contributed by atoms with van der Waals surface area (Å²) >= 11 is 0. The number of fused-ring (bicyclic) bond motifs is 1. The van der Waals surface area contributed by atoms with Crippen molar-refractivity contribution in [2.24, 2.45) is 23.7 Å². The van der Waals surface area contributed by atoms with Crippen molar-refractivity contribution < 1.29 is 19.1 Å². The summed E-state index contributed by atoms with van der Waals surface area (Å²) in [5, 5.41) is 0. The Morgan fingerprint density at radius 3 is 2.85 bits per heavy atom. The van der Waals surface area contributed by atoms with Crippen LogP contribution in [0.5, 0.6) is 0 Å². The number of ether oxygens (including phenoxy) is 2. The van der Waals surface area contributed by atoms with Gasteiger partial charge >= 0.3 is 11.9 Å². The van der Waals surface area contributed by atoms with Crippen LogP contribution >= 0.6 is 0 Å². The van der Waals surface area contributed by atoms with Crippen LogP contribution in [0.25, 0.3) is 0 Å². The summed E-state index contributed by atoms with van der Waals surface area (Å²) in [6, 6.07) is 0. The van der Waals surface area contributed by atoms with Crippen LogP contribution in [0.3, 0.4) is 0 Å². The molecule has 2 aliphatic carbocycles. The van der Waals surface area contributed by atoms with E-state index < -0.39 is 0 Å². The van der Waals surface area contributed by atoms with E-state index >= 15 is 0 Å². The molecule has 2 bridgehead atoms. The number of carbonyl (C=O) groups is 2. The van der Waals surface area contributed by atoms with E-state index in [0.717, 1.165) is 25.7 Å². The van der Waals surface area contributed by atoms with Gasteiger partial charge in [-0.25, -0.2) is 4.79 Å². The molecule has 1 saturated heterocycles. The van der Waals surface area contributed by atoms with Crippen molar-refractivity contribution in [1.29, 1.82) is 0 Å². The van der Waals surface area contributed by atoms with Crippen molar-refractivity contribution in [2.75, 3.05) is 0 Å². The van der Waals surface area contributed by atoms with Gasteiger partial charge in [-0.3, -0.25) is 4.79 Å². The molecule has 3 rings (SSSR count). The van der Waals surface area contributed by atoms with Crippen LogP contribution in [0.1, 0.15) is 39.5 Å². The Kier molecular flexibility index (Phi) is 3.35. The summed E-state index contributed by atoms with van der Waals surface area (Å²) < 4.78 is 11.1. The molecule has 3 aliphatic rings. The van der Waals surface area contributed by atoms with E-state index in [4.69, 9.17) is 9.47 Å². The summed E-state index contributed by atoms with van der Waals surface area (Å²) in [6.07, 6.45) is 3.76. The molecule has 0 spiro atoms. The molecule has 2 saturated carbocycles. The number of carbonyl (C=O) groups excluding carboxylic acids is 2. The maximum Gasteiger partial charge on any atom is 0.333 e. The molecular formula is C16H22O4. The molecule has 0 radical (unpaired) electrons. The molecule has 0 N–H and O–H groups in total. The summed E-state index contributed by atoms with van der Waals surface area (Å²) in [7, 11) is 0. The summed E-state index contributed by atoms with van der Waals surface area (Å²) in [5.41, 5.74) is 0.402. The largest absolute Gasteiger partial charge is 0.458 e. The van der Waals surface area contributed by atoms with E-state index in [-0.39, 0.29) is 41.9 Å². The third-order valence-corrected chi connectivity index (χ3v) is 5.19. The highest BCUT2D eigenvalue weighted by atomic mass is 16.6. The van der Waals surface area contributed by atoms with Crippen molar-refractivity contribution in [3.05, 3.63) is 12.2 Å². The van der Waals surface area contributed by atoms with Gasteiger partial charge in [-0.1, -0.05) is 26.3 Å². The van der Waals surface area contributed by atoms with Gasteiger partial charge in [-0.15, -0.1) is 0 Å². The van der Waals surface area contributed by atoms with E-state index in [1.165, 1.54) is 0 Å². The van der Waals surface area contributed by atoms with Gasteiger partial charge < -0.3 is 9.47 Å². The Labute approximate surface area is 119 Å². The van der Waals surface area contributed by atoms with E-state index in [0.29, 0.717) is 11.5 Å². The number of unbranched alkanes of at least 4 members (excludes halogenated alkanes) is 1. The van der Waals surface area contributed by atoms with Gasteiger partial charge in [0.2, 0.25) is 0 Å². The predicted octanol–water partition coefficient (Wildman–Crippen LogP) is 2.47. The van der Waals surface area contributed by atoms with Crippen molar-refractivity contribution in [3.8, 4) is 0 Å². The van der Waals surface area contributed by atoms with Gasteiger partial charge in [0.15, 0.2) is 0 Å². The lowest BCUT2D eigenvalue weighted by atomic mass is 9.76. The zero-order valence-electron chi connectivity index (χ0n) is 12.1. The topological polar surface area (TPSA) is 52.6 Å². The third-order valence-electron chi connectivity index (χ3n) is 5.19. The highest BCUT2D eigenvalue weighted by molar-refractivity contribution is 5.87. The molecule has 0 aromatic carbocycles. The number of rotatable bonds is 5. The maximum atomic E-state index is 12.1. The quantitative estimate of drug-likeness (QED) is 0.572. The van der Waals surface area contributed by atoms with Gasteiger partial charge in [0.05, 0.1) is 5.92 Å². The van der Waals surface area contributed by atoms with Gasteiger partial charge in [0, 0.05) is 17.4 Å². The normalized spacial score (nSPS) is 40.8. The molecule has 4 heteroatoms. The molecule has 0 amide bonds. The van der Waals surface area contributed by atoms with E-state index in [9.17, 15) is 9.59 Å². The molecule has 4 nitrogen and oxygen atoms in total. The van der Waals surface area contributed by atoms with Crippen LogP contribution in [0.2, 0.25) is 0 Å². The lowest BCUT2D eigenvalue weighted by molar-refractivity contribution is -0.158. The van der Waals surface area contributed by atoms with Gasteiger partial charge in [-0.05, 0) is 25.7 Å². The first-order valence-electron chi connectivity index (χ1n) is 7.61. The second-order valence-corrected chi connectivity index (χ2v) is 6.45. The first-order valence-corrected chi connectivity index (χ1v) is 7.61. The average molecular weight is 278 g/mol. The average Bonchev–Trinajstić information content (AvgIpc) is 2.99. The number of esters is 2. The van der Waals surface area contributed by atoms with Gasteiger partial charge in [0.25, 0.3) is 0 Å². The SMILES string of the molecule is C=C(C)C(=O)OC1C2CC3C1OC(=O)C3C2CCCC. The van der Waals surface area contributed by atoms with Crippen LogP contribution in [-0.2, 0) is 19.1 Å². The first-order chi connectivity index (χ1) is 9.54. The van der Waals surface area contributed by atoms with Gasteiger partial charge in [0.1, 0.15) is 12.2 Å². The fourth-order valence-corrected chi connectivity index (χ4v) is 4.35. The molecule has 3 fully saturated rings. The van der Waals surface area contributed by atoms with Crippen LogP contribution in [0, 0.1) is 23.7 Å². The monoisotopic (exact) mass is 278 g/mol. The Bertz CT molecular complexity index is 455. The van der Waals surface area contributed by atoms with Crippen molar-refractivity contribution >= 4 is 11.9 Å². The number of hydrogen-bond donors (Lipinski definition) is 0. The van der Waals surface area contributed by atoms with Crippen molar-refractivity contribution in [3.63, 3.8) is 0 Å². The second kappa shape index (κ2) is 4.90. The zero-order chi connectivity index (χ0) is 14.4. The molecule has 20 heavy (non-hydrogen) atoms. The van der Waals surface area contributed by atoms with Crippen molar-refractivity contribution in [1.82, 2.24) is 0 Å². The van der Waals surface area contributed by atoms with Crippen LogP contribution in [0.4, 0.5) is 0 Å². The Morgan fingerprint density at radius 1 is 1.45 bits per heavy atom. The molecule has 0 aromatic rings. The van der Waals surface area contributed by atoms with Gasteiger partial charge in [-0.2, -0.15) is 0 Å². The lowest BCUT2D eigenvalue weighted by Gasteiger charge is -2.31. The maximum absolute atomic E-state index is 12.1. The first kappa shape index (κ1) is 13.7. The molecule has 1 aliphatic heterocycles. The van der Waals surface area contributed by atoms with Crippen LogP contribution in [-0.4, -0.2) is 24.1 Å². The van der Waals surface area contributed by atoms with Crippen LogP contribution in [0.15, 0.2) is 12.2 Å². The molecule has 110 valence electrons. The minimum atomic E-state index is -0.365. The smallest absolute Gasteiger partial charge is 0.333 e. The molecule has 0 aromatic heterocycles. The van der Waals surface area contributed by atoms with Crippen LogP contribution < -0.4 is 0 Å². The molecule has 6 unspecified atom stereocenters. The minimum absolute atomic E-state index is 0.0522. The fraction of sp³-hybridized carbons (Fsp3) is 0.750. The summed E-state index contributed by atoms with van der Waals surface area (Å²) in [6.45, 7) is 7.42. The standard InChI is InChI=1S/C16H22O4/c1-4-5-6-9-10-7-11-12(9)16(18)20-14(11)13(10)19-15(17)8(2)3/h9-14H,2,4-7H2,1,3H3. The lowest BCUT2D eigenvalue weighted by Crippen LogP contribution is -2.40. The summed E-state index contributed by atoms with van der Waals surface area (Å²) in [5.74, 6) is 0.493. The Hall–Kier alpha value is -1.32. The van der Waals surface area contributed by atoms with Crippen molar-refractivity contribution in [2.45, 2.75) is 51.7 Å². The highest BCUT2D eigenvalue weighted by Crippen LogP contribution is 2.59. The number of hydrogen-bond acceptors (Lipinski definition) is 4. The Balaban J connectivity index is 1.78. The third kappa shape index (κ3) is 1.88. The Morgan fingerprint density at radius 2 is 2.20 bits per heavy atom. The minimum Gasteiger partial charge on any atom is -0.458 e. The molecular weight excluding hydrogens is 256 g/mol. The second-order valence-electron chi connectivity index (χ2n) is 6.45. The van der Waals surface area contributed by atoms with E-state index in [2.05, 4.69) is 13.5 Å². The highest BCUT2D eigenvalue weighted by Gasteiger charge is 2.67. The predicted molar refractivity (Wildman–Crippen MR) is 72.7 cm³/mol. The fourth-order valence-electron chi connectivity index (χ4n) is 4.35. The molecule has 6 atom stereocenters. The van der Waals surface area contributed by atoms with E-state index in [1.54, 1.807) is 6.92 Å². The molecule has 1 heterocycles.